The highest BCUT2D eigenvalue weighted by molar-refractivity contribution is 7.90. The first-order valence-corrected chi connectivity index (χ1v) is 8.95. The number of nitrogens with one attached hydrogen (secondary N) is 2. The number of hydrogen-bond donors (Lipinski definition) is 2. The number of piperidine rings is 1. The van der Waals surface area contributed by atoms with Crippen LogP contribution in [0.15, 0.2) is 29.2 Å². The zero-order valence-corrected chi connectivity index (χ0v) is 13.3. The predicted octanol–water partition coefficient (Wildman–Crippen LogP) is 2.28. The Morgan fingerprint density at radius 1 is 1.30 bits per heavy atom. The molecule has 1 heterocycles. The van der Waals surface area contributed by atoms with Gasteiger partial charge in [0.2, 0.25) is 0 Å². The maximum absolute atomic E-state index is 11.4. The molecule has 0 radical (unpaired) electrons. The van der Waals surface area contributed by atoms with Crippen LogP contribution in [0.4, 0.5) is 5.69 Å². The molecule has 0 bridgehead atoms. The van der Waals surface area contributed by atoms with Gasteiger partial charge in [-0.05, 0) is 49.1 Å². The Bertz CT molecular complexity index is 550. The zero-order valence-electron chi connectivity index (χ0n) is 12.4. The summed E-state index contributed by atoms with van der Waals surface area (Å²) in [4.78, 5) is 0.360. The largest absolute Gasteiger partial charge is 0.383 e. The van der Waals surface area contributed by atoms with E-state index in [1.54, 1.807) is 12.1 Å². The van der Waals surface area contributed by atoms with Gasteiger partial charge in [0.05, 0.1) is 4.90 Å². The molecule has 0 aliphatic carbocycles. The summed E-state index contributed by atoms with van der Waals surface area (Å²) in [6.07, 6.45) is 3.69. The topological polar surface area (TPSA) is 58.2 Å². The van der Waals surface area contributed by atoms with Gasteiger partial charge in [-0.15, -0.1) is 0 Å². The third-order valence-electron chi connectivity index (χ3n) is 4.12. The van der Waals surface area contributed by atoms with Crippen molar-refractivity contribution in [1.82, 2.24) is 5.32 Å². The van der Waals surface area contributed by atoms with Crippen molar-refractivity contribution in [2.45, 2.75) is 37.6 Å². The van der Waals surface area contributed by atoms with E-state index in [4.69, 9.17) is 0 Å². The van der Waals surface area contributed by atoms with E-state index in [1.807, 2.05) is 12.1 Å². The number of hydrogen-bond acceptors (Lipinski definition) is 4. The van der Waals surface area contributed by atoms with Gasteiger partial charge in [-0.3, -0.25) is 0 Å². The molecule has 1 saturated heterocycles. The van der Waals surface area contributed by atoms with Gasteiger partial charge in [0.1, 0.15) is 0 Å². The molecular weight excluding hydrogens is 272 g/mol. The number of sulfone groups is 1. The van der Waals surface area contributed by atoms with Crippen LogP contribution in [-0.2, 0) is 9.84 Å². The van der Waals surface area contributed by atoms with Gasteiger partial charge in [0, 0.05) is 24.5 Å². The van der Waals surface area contributed by atoms with Crippen LogP contribution in [0.2, 0.25) is 0 Å². The normalized spacial score (nSPS) is 22.4. The molecule has 112 valence electrons. The minimum Gasteiger partial charge on any atom is -0.383 e. The smallest absolute Gasteiger partial charge is 0.175 e. The van der Waals surface area contributed by atoms with Crippen molar-refractivity contribution in [3.63, 3.8) is 0 Å². The molecule has 1 aromatic rings. The minimum absolute atomic E-state index is 0.290. The van der Waals surface area contributed by atoms with Crippen LogP contribution in [0.5, 0.6) is 0 Å². The quantitative estimate of drug-likeness (QED) is 0.895. The van der Waals surface area contributed by atoms with E-state index < -0.39 is 9.84 Å². The van der Waals surface area contributed by atoms with Crippen LogP contribution in [-0.4, -0.2) is 33.8 Å². The first kappa shape index (κ1) is 15.3. The monoisotopic (exact) mass is 296 g/mol. The third kappa shape index (κ3) is 3.73. The molecule has 4 nitrogen and oxygen atoms in total. The molecule has 1 aromatic carbocycles. The van der Waals surface area contributed by atoms with Gasteiger partial charge in [0.15, 0.2) is 9.84 Å². The van der Waals surface area contributed by atoms with E-state index in [9.17, 15) is 8.42 Å². The average molecular weight is 296 g/mol. The predicted molar refractivity (Wildman–Crippen MR) is 82.8 cm³/mol. The Kier molecular flexibility index (Phi) is 4.39. The van der Waals surface area contributed by atoms with Crippen LogP contribution >= 0.6 is 0 Å². The fourth-order valence-electron chi connectivity index (χ4n) is 2.66. The lowest BCUT2D eigenvalue weighted by atomic mass is 9.77. The van der Waals surface area contributed by atoms with E-state index in [-0.39, 0.29) is 5.41 Å². The minimum atomic E-state index is -3.11. The van der Waals surface area contributed by atoms with Gasteiger partial charge < -0.3 is 10.6 Å². The molecule has 0 spiro atoms. The fraction of sp³-hybridized carbons (Fsp3) is 0.600. The molecule has 1 fully saturated rings. The van der Waals surface area contributed by atoms with E-state index in [2.05, 4.69) is 24.5 Å². The van der Waals surface area contributed by atoms with Crippen LogP contribution in [0.1, 0.15) is 26.7 Å². The molecule has 20 heavy (non-hydrogen) atoms. The summed E-state index contributed by atoms with van der Waals surface area (Å²) in [6.45, 7) is 6.50. The number of anilines is 1. The molecule has 1 aliphatic rings. The Balaban J connectivity index is 1.97. The molecule has 1 aliphatic heterocycles. The Labute approximate surface area is 121 Å². The van der Waals surface area contributed by atoms with Crippen molar-refractivity contribution in [3.05, 3.63) is 24.3 Å². The van der Waals surface area contributed by atoms with Crippen molar-refractivity contribution < 1.29 is 8.42 Å². The summed E-state index contributed by atoms with van der Waals surface area (Å²) in [7, 11) is -3.11. The zero-order chi connectivity index (χ0) is 14.8. The lowest BCUT2D eigenvalue weighted by Crippen LogP contribution is -2.50. The molecule has 5 heteroatoms. The highest BCUT2D eigenvalue weighted by atomic mass is 32.2. The van der Waals surface area contributed by atoms with Gasteiger partial charge >= 0.3 is 0 Å². The van der Waals surface area contributed by atoms with Crippen molar-refractivity contribution in [1.29, 1.82) is 0 Å². The lowest BCUT2D eigenvalue weighted by molar-refractivity contribution is 0.188. The first-order valence-electron chi connectivity index (χ1n) is 7.06. The standard InChI is InChI=1S/C15H24N2O2S/c1-15(2)9-4-10-16-14(15)11-17-12-5-7-13(8-6-12)20(3,18)19/h5-8,14,16-17H,4,9-11H2,1-3H3. The number of benzene rings is 1. The highest BCUT2D eigenvalue weighted by Crippen LogP contribution is 2.30. The maximum Gasteiger partial charge on any atom is 0.175 e. The van der Waals surface area contributed by atoms with Crippen LogP contribution in [0.25, 0.3) is 0 Å². The van der Waals surface area contributed by atoms with Crippen LogP contribution < -0.4 is 10.6 Å². The van der Waals surface area contributed by atoms with Gasteiger partial charge in [-0.1, -0.05) is 13.8 Å². The SMILES string of the molecule is CC1(C)CCCNC1CNc1ccc(S(C)(=O)=O)cc1. The molecule has 1 unspecified atom stereocenters. The van der Waals surface area contributed by atoms with Gasteiger partial charge in [-0.25, -0.2) is 8.42 Å². The lowest BCUT2D eigenvalue weighted by Gasteiger charge is -2.39. The summed E-state index contributed by atoms with van der Waals surface area (Å²) >= 11 is 0. The third-order valence-corrected chi connectivity index (χ3v) is 5.25. The molecule has 2 rings (SSSR count). The summed E-state index contributed by atoms with van der Waals surface area (Å²) < 4.78 is 22.8. The van der Waals surface area contributed by atoms with Crippen LogP contribution in [0.3, 0.4) is 0 Å². The van der Waals surface area contributed by atoms with Gasteiger partial charge in [-0.2, -0.15) is 0 Å². The Morgan fingerprint density at radius 2 is 1.95 bits per heavy atom. The number of rotatable bonds is 4. The molecule has 1 atom stereocenters. The Hall–Kier alpha value is -1.07. The van der Waals surface area contributed by atoms with E-state index in [1.165, 1.54) is 19.1 Å². The highest BCUT2D eigenvalue weighted by Gasteiger charge is 2.31. The van der Waals surface area contributed by atoms with E-state index >= 15 is 0 Å². The molecule has 0 saturated carbocycles. The summed E-state index contributed by atoms with van der Waals surface area (Å²) in [5, 5.41) is 6.95. The van der Waals surface area contributed by atoms with Crippen molar-refractivity contribution in [3.8, 4) is 0 Å². The summed E-state index contributed by atoms with van der Waals surface area (Å²) in [5.74, 6) is 0. The maximum atomic E-state index is 11.4. The van der Waals surface area contributed by atoms with E-state index in [0.29, 0.717) is 10.9 Å². The molecule has 2 N–H and O–H groups in total. The Morgan fingerprint density at radius 3 is 2.50 bits per heavy atom. The average Bonchev–Trinajstić information content (AvgIpc) is 2.36. The molecule has 0 aromatic heterocycles. The van der Waals surface area contributed by atoms with Crippen molar-refractivity contribution >= 4 is 15.5 Å². The van der Waals surface area contributed by atoms with Gasteiger partial charge in [0.25, 0.3) is 0 Å². The second-order valence-corrected chi connectivity index (χ2v) is 8.29. The summed E-state index contributed by atoms with van der Waals surface area (Å²) in [6, 6.07) is 7.39. The summed E-state index contributed by atoms with van der Waals surface area (Å²) in [5.41, 5.74) is 1.25. The second kappa shape index (κ2) is 5.74. The van der Waals surface area contributed by atoms with Crippen molar-refractivity contribution in [2.24, 2.45) is 5.41 Å². The molecule has 0 amide bonds. The second-order valence-electron chi connectivity index (χ2n) is 6.28. The first-order chi connectivity index (χ1) is 9.29. The van der Waals surface area contributed by atoms with E-state index in [0.717, 1.165) is 18.8 Å². The molecular formula is C15H24N2O2S. The van der Waals surface area contributed by atoms with Crippen molar-refractivity contribution in [2.75, 3.05) is 24.7 Å². The fourth-order valence-corrected chi connectivity index (χ4v) is 3.29. The van der Waals surface area contributed by atoms with Crippen LogP contribution in [0, 0.1) is 5.41 Å².